The monoisotopic (exact) mass is 528 g/mol. The van der Waals surface area contributed by atoms with E-state index in [4.69, 9.17) is 4.74 Å². The molecule has 196 valence electrons. The molecule has 0 aliphatic heterocycles. The number of benzene rings is 1. The molecule has 3 heterocycles. The summed E-state index contributed by atoms with van der Waals surface area (Å²) in [5.74, 6) is -0.249. The number of ether oxygens (including phenoxy) is 1. The van der Waals surface area contributed by atoms with Crippen LogP contribution in [0.4, 0.5) is 4.39 Å². The summed E-state index contributed by atoms with van der Waals surface area (Å²) >= 11 is 1.22. The number of nitrogens with zero attached hydrogens (tertiary/aromatic N) is 6. The second kappa shape index (κ2) is 10.7. The van der Waals surface area contributed by atoms with E-state index in [-0.39, 0.29) is 31.5 Å². The zero-order valence-corrected chi connectivity index (χ0v) is 22.2. The summed E-state index contributed by atoms with van der Waals surface area (Å²) in [5, 5.41) is 9.27. The van der Waals surface area contributed by atoms with Gasteiger partial charge in [0.15, 0.2) is 0 Å². The summed E-state index contributed by atoms with van der Waals surface area (Å²) < 4.78 is 21.8. The number of hydrogen-bond acceptors (Lipinski definition) is 7. The van der Waals surface area contributed by atoms with Crippen molar-refractivity contribution in [2.24, 2.45) is 0 Å². The first kappa shape index (κ1) is 26.3. The van der Waals surface area contributed by atoms with Crippen LogP contribution in [-0.4, -0.2) is 54.6 Å². The van der Waals surface area contributed by atoms with Crippen molar-refractivity contribution in [3.8, 4) is 10.8 Å². The Hall–Kier alpha value is -3.80. The summed E-state index contributed by atoms with van der Waals surface area (Å²) in [7, 11) is 1.49. The van der Waals surface area contributed by atoms with Crippen molar-refractivity contribution >= 4 is 27.5 Å². The smallest absolute Gasteiger partial charge is 0.332 e. The maximum Gasteiger partial charge on any atom is 0.332 e. The molecule has 4 rings (SSSR count). The maximum absolute atomic E-state index is 14.0. The van der Waals surface area contributed by atoms with Gasteiger partial charge in [-0.3, -0.25) is 18.7 Å². The molecule has 10 nitrogen and oxygen atoms in total. The molecular formula is C25H29FN6O4S. The predicted molar refractivity (Wildman–Crippen MR) is 139 cm³/mol. The number of carbonyl (C=O) groups is 1. The first-order valence-electron chi connectivity index (χ1n) is 11.9. The quantitative estimate of drug-likeness (QED) is 0.331. The van der Waals surface area contributed by atoms with Crippen LogP contribution in [0.3, 0.4) is 0 Å². The van der Waals surface area contributed by atoms with Gasteiger partial charge in [0, 0.05) is 24.7 Å². The normalized spacial score (nSPS) is 11.4. The molecule has 0 N–H and O–H groups in total. The molecule has 0 saturated heterocycles. The third kappa shape index (κ3) is 4.93. The molecule has 0 bridgehead atoms. The molecule has 3 aromatic heterocycles. The van der Waals surface area contributed by atoms with Crippen molar-refractivity contribution in [2.75, 3.05) is 13.7 Å². The van der Waals surface area contributed by atoms with Gasteiger partial charge in [-0.2, -0.15) is 10.2 Å². The highest BCUT2D eigenvalue weighted by Crippen LogP contribution is 2.30. The number of methoxy groups -OCH3 is 1. The second-order valence-corrected chi connectivity index (χ2v) is 9.81. The average molecular weight is 529 g/mol. The molecule has 37 heavy (non-hydrogen) atoms. The van der Waals surface area contributed by atoms with Crippen LogP contribution in [0, 0.1) is 12.7 Å². The van der Waals surface area contributed by atoms with Gasteiger partial charge in [0.25, 0.3) is 5.56 Å². The SMILES string of the molecule is CCN(C(=O)Cn1c(=O)c2c(C)c(-n3nccn3)sc2n(CCc2cc(F)ccc2OC)c1=O)C(C)C. The fraction of sp³-hybridized carbons (Fsp3) is 0.400. The molecule has 0 atom stereocenters. The van der Waals surface area contributed by atoms with Gasteiger partial charge in [-0.1, -0.05) is 11.3 Å². The average Bonchev–Trinajstić information content (AvgIpc) is 3.50. The van der Waals surface area contributed by atoms with Gasteiger partial charge < -0.3 is 9.64 Å². The van der Waals surface area contributed by atoms with Gasteiger partial charge in [0.05, 0.1) is 24.9 Å². The number of halogens is 1. The third-order valence-electron chi connectivity index (χ3n) is 6.29. The Balaban J connectivity index is 1.89. The second-order valence-electron chi connectivity index (χ2n) is 8.84. The van der Waals surface area contributed by atoms with E-state index in [0.717, 1.165) is 4.57 Å². The van der Waals surface area contributed by atoms with Crippen LogP contribution in [0.15, 0.2) is 40.2 Å². The van der Waals surface area contributed by atoms with E-state index in [9.17, 15) is 18.8 Å². The van der Waals surface area contributed by atoms with E-state index in [0.29, 0.717) is 38.6 Å². The Kier molecular flexibility index (Phi) is 7.58. The molecule has 0 unspecified atom stereocenters. The van der Waals surface area contributed by atoms with Crippen molar-refractivity contribution in [2.45, 2.75) is 53.2 Å². The molecule has 0 aliphatic carbocycles. The molecule has 0 fully saturated rings. The van der Waals surface area contributed by atoms with Crippen LogP contribution in [0.1, 0.15) is 31.9 Å². The van der Waals surface area contributed by atoms with Crippen molar-refractivity contribution in [1.82, 2.24) is 29.0 Å². The van der Waals surface area contributed by atoms with E-state index in [2.05, 4.69) is 10.2 Å². The van der Waals surface area contributed by atoms with E-state index in [1.807, 2.05) is 20.8 Å². The number of carbonyl (C=O) groups excluding carboxylic acids is 1. The van der Waals surface area contributed by atoms with Crippen LogP contribution in [0.5, 0.6) is 5.75 Å². The van der Waals surface area contributed by atoms with Crippen LogP contribution < -0.4 is 16.0 Å². The molecule has 1 aromatic carbocycles. The van der Waals surface area contributed by atoms with Gasteiger partial charge in [-0.25, -0.2) is 9.18 Å². The minimum absolute atomic E-state index is 0.0834. The van der Waals surface area contributed by atoms with Gasteiger partial charge in [0.1, 0.15) is 27.9 Å². The Morgan fingerprint density at radius 1 is 1.19 bits per heavy atom. The fourth-order valence-electron chi connectivity index (χ4n) is 4.46. The van der Waals surface area contributed by atoms with Crippen LogP contribution in [0.2, 0.25) is 0 Å². The summed E-state index contributed by atoms with van der Waals surface area (Å²) in [6.45, 7) is 7.58. The number of aromatic nitrogens is 5. The molecule has 12 heteroatoms. The zero-order valence-electron chi connectivity index (χ0n) is 21.4. The van der Waals surface area contributed by atoms with Gasteiger partial charge in [-0.15, -0.1) is 4.80 Å². The van der Waals surface area contributed by atoms with E-state index in [1.165, 1.54) is 58.4 Å². The molecule has 4 aromatic rings. The zero-order chi connectivity index (χ0) is 26.9. The highest BCUT2D eigenvalue weighted by Gasteiger charge is 2.24. The number of rotatable bonds is 9. The summed E-state index contributed by atoms with van der Waals surface area (Å²) in [5.41, 5.74) is 0.0356. The summed E-state index contributed by atoms with van der Waals surface area (Å²) in [6.07, 6.45) is 3.31. The molecule has 0 radical (unpaired) electrons. The highest BCUT2D eigenvalue weighted by atomic mass is 32.1. The number of thiophene rings is 1. The Bertz CT molecular complexity index is 1550. The number of aryl methyl sites for hydroxylation is 3. The topological polar surface area (TPSA) is 104 Å². The van der Waals surface area contributed by atoms with Crippen molar-refractivity contribution in [3.63, 3.8) is 0 Å². The lowest BCUT2D eigenvalue weighted by Gasteiger charge is -2.25. The van der Waals surface area contributed by atoms with E-state index < -0.39 is 17.1 Å². The van der Waals surface area contributed by atoms with Gasteiger partial charge >= 0.3 is 5.69 Å². The lowest BCUT2D eigenvalue weighted by molar-refractivity contribution is -0.133. The molecule has 0 aliphatic rings. The fourth-order valence-corrected chi connectivity index (χ4v) is 5.70. The van der Waals surface area contributed by atoms with Crippen LogP contribution in [-0.2, 0) is 24.3 Å². The van der Waals surface area contributed by atoms with E-state index >= 15 is 0 Å². The van der Waals surface area contributed by atoms with E-state index in [1.54, 1.807) is 11.8 Å². The molecule has 0 spiro atoms. The maximum atomic E-state index is 14.0. The Morgan fingerprint density at radius 3 is 2.51 bits per heavy atom. The molecule has 1 amide bonds. The predicted octanol–water partition coefficient (Wildman–Crippen LogP) is 2.76. The number of likely N-dealkylation sites (N-methyl/N-ethyl adjacent to an activating group) is 1. The highest BCUT2D eigenvalue weighted by molar-refractivity contribution is 7.21. The van der Waals surface area contributed by atoms with Gasteiger partial charge in [0.2, 0.25) is 5.91 Å². The number of amides is 1. The Labute approximate surface area is 216 Å². The first-order valence-corrected chi connectivity index (χ1v) is 12.7. The van der Waals surface area contributed by atoms with Crippen LogP contribution in [0.25, 0.3) is 15.2 Å². The van der Waals surface area contributed by atoms with Crippen molar-refractivity contribution in [1.29, 1.82) is 0 Å². The largest absolute Gasteiger partial charge is 0.496 e. The lowest BCUT2D eigenvalue weighted by Crippen LogP contribution is -2.46. The number of fused-ring (bicyclic) bond motifs is 1. The Morgan fingerprint density at radius 2 is 1.89 bits per heavy atom. The first-order chi connectivity index (χ1) is 17.7. The lowest BCUT2D eigenvalue weighted by atomic mass is 10.1. The molecular weight excluding hydrogens is 499 g/mol. The standard InChI is InChI=1S/C25H29FN6O4S/c1-6-29(15(2)3)20(33)14-31-22(34)21-16(4)23(32-27-10-11-28-32)37-24(21)30(25(31)35)12-9-17-13-18(26)7-8-19(17)36-5/h7-8,10-11,13,15H,6,9,12,14H2,1-5H3. The summed E-state index contributed by atoms with van der Waals surface area (Å²) in [6, 6.07) is 4.12. The van der Waals surface area contributed by atoms with Crippen molar-refractivity contribution < 1.29 is 13.9 Å². The minimum Gasteiger partial charge on any atom is -0.496 e. The third-order valence-corrected chi connectivity index (χ3v) is 7.58. The summed E-state index contributed by atoms with van der Waals surface area (Å²) in [4.78, 5) is 43.8. The molecule has 0 saturated carbocycles. The van der Waals surface area contributed by atoms with Gasteiger partial charge in [-0.05, 0) is 57.9 Å². The number of hydrogen-bond donors (Lipinski definition) is 0. The minimum atomic E-state index is -0.609. The van der Waals surface area contributed by atoms with Crippen molar-refractivity contribution in [3.05, 3.63) is 68.4 Å². The van der Waals surface area contributed by atoms with Crippen LogP contribution >= 0.6 is 11.3 Å².